The van der Waals surface area contributed by atoms with Crippen molar-refractivity contribution in [2.24, 2.45) is 0 Å². The van der Waals surface area contributed by atoms with Gasteiger partial charge < -0.3 is 5.32 Å². The number of carbonyl (C=O) groups is 1. The van der Waals surface area contributed by atoms with E-state index in [0.29, 0.717) is 4.88 Å². The molecule has 0 spiro atoms. The number of anilines is 1. The SMILES string of the molecule is O=C(Nc1cc(F)ccc1F)c1ccc(-c2ccc(F)cc2)s1. The number of rotatable bonds is 3. The van der Waals surface area contributed by atoms with Crippen molar-refractivity contribution in [3.05, 3.63) is 76.9 Å². The number of amides is 1. The summed E-state index contributed by atoms with van der Waals surface area (Å²) in [5.74, 6) is -2.23. The zero-order valence-electron chi connectivity index (χ0n) is 11.6. The number of nitrogens with one attached hydrogen (secondary N) is 1. The molecule has 1 heterocycles. The van der Waals surface area contributed by atoms with E-state index in [1.54, 1.807) is 24.3 Å². The van der Waals surface area contributed by atoms with E-state index in [1.165, 1.54) is 23.5 Å². The Labute approximate surface area is 134 Å². The molecule has 116 valence electrons. The first-order valence-electron chi connectivity index (χ1n) is 6.65. The second-order valence-corrected chi connectivity index (χ2v) is 5.83. The highest BCUT2D eigenvalue weighted by Crippen LogP contribution is 2.29. The van der Waals surface area contributed by atoms with Gasteiger partial charge >= 0.3 is 0 Å². The summed E-state index contributed by atoms with van der Waals surface area (Å²) in [6.45, 7) is 0. The molecular weight excluding hydrogens is 323 g/mol. The zero-order valence-corrected chi connectivity index (χ0v) is 12.5. The number of hydrogen-bond acceptors (Lipinski definition) is 2. The minimum atomic E-state index is -0.713. The molecule has 2 aromatic carbocycles. The number of benzene rings is 2. The highest BCUT2D eigenvalue weighted by atomic mass is 32.1. The Balaban J connectivity index is 1.81. The predicted octanol–water partition coefficient (Wildman–Crippen LogP) is 5.08. The Hall–Kier alpha value is -2.60. The van der Waals surface area contributed by atoms with Gasteiger partial charge in [0, 0.05) is 10.9 Å². The normalized spacial score (nSPS) is 10.6. The molecule has 0 saturated heterocycles. The molecule has 0 fully saturated rings. The Morgan fingerprint density at radius 1 is 0.870 bits per heavy atom. The number of carbonyl (C=O) groups excluding carboxylic acids is 1. The van der Waals surface area contributed by atoms with Crippen LogP contribution >= 0.6 is 11.3 Å². The van der Waals surface area contributed by atoms with E-state index >= 15 is 0 Å². The summed E-state index contributed by atoms with van der Waals surface area (Å²) >= 11 is 1.18. The molecule has 6 heteroatoms. The quantitative estimate of drug-likeness (QED) is 0.711. The van der Waals surface area contributed by atoms with E-state index in [2.05, 4.69) is 5.32 Å². The first-order chi connectivity index (χ1) is 11.0. The molecule has 3 rings (SSSR count). The molecule has 0 unspecified atom stereocenters. The molecule has 0 aliphatic carbocycles. The zero-order chi connectivity index (χ0) is 16.4. The van der Waals surface area contributed by atoms with Crippen molar-refractivity contribution in [1.29, 1.82) is 0 Å². The van der Waals surface area contributed by atoms with Crippen LogP contribution in [0.15, 0.2) is 54.6 Å². The molecular formula is C17H10F3NOS. The summed E-state index contributed by atoms with van der Waals surface area (Å²) in [5, 5.41) is 2.34. The Bertz CT molecular complexity index is 859. The lowest BCUT2D eigenvalue weighted by atomic mass is 10.2. The van der Waals surface area contributed by atoms with Crippen molar-refractivity contribution in [2.75, 3.05) is 5.32 Å². The molecule has 0 aliphatic rings. The standard InChI is InChI=1S/C17H10F3NOS/c18-11-3-1-10(2-4-11)15-7-8-16(23-15)17(22)21-14-9-12(19)5-6-13(14)20/h1-9H,(H,21,22). The second-order valence-electron chi connectivity index (χ2n) is 4.75. The van der Waals surface area contributed by atoms with Gasteiger partial charge in [0.1, 0.15) is 17.5 Å². The summed E-state index contributed by atoms with van der Waals surface area (Å²) in [4.78, 5) is 13.2. The third kappa shape index (κ3) is 3.43. The van der Waals surface area contributed by atoms with Gasteiger partial charge in [0.25, 0.3) is 5.91 Å². The van der Waals surface area contributed by atoms with Gasteiger partial charge in [0.15, 0.2) is 0 Å². The van der Waals surface area contributed by atoms with E-state index in [-0.39, 0.29) is 11.5 Å². The molecule has 0 saturated carbocycles. The van der Waals surface area contributed by atoms with Gasteiger partial charge in [0.2, 0.25) is 0 Å². The lowest BCUT2D eigenvalue weighted by Crippen LogP contribution is -2.11. The minimum absolute atomic E-state index is 0.216. The van der Waals surface area contributed by atoms with Gasteiger partial charge in [-0.25, -0.2) is 13.2 Å². The Morgan fingerprint density at radius 3 is 2.30 bits per heavy atom. The van der Waals surface area contributed by atoms with Crippen LogP contribution in [0.2, 0.25) is 0 Å². The fourth-order valence-corrected chi connectivity index (χ4v) is 2.91. The molecule has 3 aromatic rings. The molecule has 2 nitrogen and oxygen atoms in total. The first kappa shape index (κ1) is 15.3. The van der Waals surface area contributed by atoms with Crippen molar-refractivity contribution >= 4 is 22.9 Å². The van der Waals surface area contributed by atoms with Crippen molar-refractivity contribution in [3.8, 4) is 10.4 Å². The summed E-state index contributed by atoms with van der Waals surface area (Å²) in [6.07, 6.45) is 0. The molecule has 23 heavy (non-hydrogen) atoms. The topological polar surface area (TPSA) is 29.1 Å². The van der Waals surface area contributed by atoms with Gasteiger partial charge in [-0.05, 0) is 42.0 Å². The summed E-state index contributed by atoms with van der Waals surface area (Å²) in [6, 6.07) is 12.0. The fraction of sp³-hybridized carbons (Fsp3) is 0. The average molecular weight is 333 g/mol. The lowest BCUT2D eigenvalue weighted by Gasteiger charge is -2.05. The first-order valence-corrected chi connectivity index (χ1v) is 7.47. The maximum absolute atomic E-state index is 13.5. The van der Waals surface area contributed by atoms with Crippen molar-refractivity contribution < 1.29 is 18.0 Å². The molecule has 0 aliphatic heterocycles. The summed E-state index contributed by atoms with van der Waals surface area (Å²) in [5.41, 5.74) is 0.555. The van der Waals surface area contributed by atoms with Crippen molar-refractivity contribution in [2.45, 2.75) is 0 Å². The molecule has 1 aromatic heterocycles. The molecule has 0 bridgehead atoms. The van der Waals surface area contributed by atoms with Crippen LogP contribution in [0.3, 0.4) is 0 Å². The number of halogens is 3. The van der Waals surface area contributed by atoms with Crippen LogP contribution in [0.4, 0.5) is 18.9 Å². The van der Waals surface area contributed by atoms with Crippen molar-refractivity contribution in [1.82, 2.24) is 0 Å². The fourth-order valence-electron chi connectivity index (χ4n) is 2.01. The summed E-state index contributed by atoms with van der Waals surface area (Å²) < 4.78 is 39.6. The minimum Gasteiger partial charge on any atom is -0.319 e. The van der Waals surface area contributed by atoms with Crippen LogP contribution in [0.1, 0.15) is 9.67 Å². The van der Waals surface area contributed by atoms with Crippen LogP contribution < -0.4 is 5.32 Å². The van der Waals surface area contributed by atoms with Crippen LogP contribution in [-0.2, 0) is 0 Å². The Morgan fingerprint density at radius 2 is 1.57 bits per heavy atom. The van der Waals surface area contributed by atoms with Crippen LogP contribution in [-0.4, -0.2) is 5.91 Å². The highest BCUT2D eigenvalue weighted by Gasteiger charge is 2.13. The average Bonchev–Trinajstić information content (AvgIpc) is 3.02. The van der Waals surface area contributed by atoms with E-state index in [1.807, 2.05) is 0 Å². The van der Waals surface area contributed by atoms with Gasteiger partial charge in [-0.1, -0.05) is 12.1 Å². The largest absolute Gasteiger partial charge is 0.319 e. The highest BCUT2D eigenvalue weighted by molar-refractivity contribution is 7.17. The van der Waals surface area contributed by atoms with E-state index in [4.69, 9.17) is 0 Å². The monoisotopic (exact) mass is 333 g/mol. The maximum atomic E-state index is 13.5. The van der Waals surface area contributed by atoms with Crippen LogP contribution in [0.5, 0.6) is 0 Å². The van der Waals surface area contributed by atoms with Gasteiger partial charge in [-0.2, -0.15) is 0 Å². The molecule has 1 amide bonds. The second kappa shape index (κ2) is 6.26. The molecule has 1 N–H and O–H groups in total. The summed E-state index contributed by atoms with van der Waals surface area (Å²) in [7, 11) is 0. The van der Waals surface area contributed by atoms with Gasteiger partial charge in [-0.3, -0.25) is 4.79 Å². The van der Waals surface area contributed by atoms with Crippen molar-refractivity contribution in [3.63, 3.8) is 0 Å². The third-order valence-electron chi connectivity index (χ3n) is 3.14. The van der Waals surface area contributed by atoms with Crippen LogP contribution in [0.25, 0.3) is 10.4 Å². The molecule has 0 radical (unpaired) electrons. The van der Waals surface area contributed by atoms with E-state index in [0.717, 1.165) is 28.6 Å². The third-order valence-corrected chi connectivity index (χ3v) is 4.27. The maximum Gasteiger partial charge on any atom is 0.265 e. The van der Waals surface area contributed by atoms with Crippen LogP contribution in [0, 0.1) is 17.5 Å². The Kier molecular flexibility index (Phi) is 4.16. The lowest BCUT2D eigenvalue weighted by molar-refractivity contribution is 0.103. The smallest absolute Gasteiger partial charge is 0.265 e. The number of thiophene rings is 1. The molecule has 0 atom stereocenters. The number of hydrogen-bond donors (Lipinski definition) is 1. The van der Waals surface area contributed by atoms with Gasteiger partial charge in [-0.15, -0.1) is 11.3 Å². The van der Waals surface area contributed by atoms with E-state index in [9.17, 15) is 18.0 Å². The van der Waals surface area contributed by atoms with Gasteiger partial charge in [0.05, 0.1) is 10.6 Å². The predicted molar refractivity (Wildman–Crippen MR) is 84.0 cm³/mol. The van der Waals surface area contributed by atoms with E-state index < -0.39 is 17.5 Å².